The van der Waals surface area contributed by atoms with Crippen molar-refractivity contribution in [3.8, 4) is 0 Å². The first kappa shape index (κ1) is 13.7. The average molecular weight is 309 g/mol. The number of hydrogen-bond acceptors (Lipinski definition) is 2. The summed E-state index contributed by atoms with van der Waals surface area (Å²) in [7, 11) is 0. The van der Waals surface area contributed by atoms with E-state index >= 15 is 0 Å². The van der Waals surface area contributed by atoms with Gasteiger partial charge in [-0.05, 0) is 36.6 Å². The Balaban J connectivity index is 1.96. The zero-order valence-electron chi connectivity index (χ0n) is 10.9. The Morgan fingerprint density at radius 3 is 2.85 bits per heavy atom. The maximum Gasteiger partial charge on any atom is 0.295 e. The Morgan fingerprint density at radius 2 is 2.05 bits per heavy atom. The lowest BCUT2D eigenvalue weighted by Gasteiger charge is -2.18. The van der Waals surface area contributed by atoms with E-state index in [1.807, 2.05) is 17.0 Å². The number of rotatable bonds is 1. The fourth-order valence-electron chi connectivity index (χ4n) is 2.57. The Hall–Kier alpha value is -1.32. The van der Waals surface area contributed by atoms with Gasteiger partial charge in [-0.1, -0.05) is 35.7 Å². The molecule has 1 fully saturated rings. The van der Waals surface area contributed by atoms with E-state index in [0.717, 1.165) is 37.2 Å². The van der Waals surface area contributed by atoms with Crippen LogP contribution >= 0.6 is 23.2 Å². The van der Waals surface area contributed by atoms with E-state index in [-0.39, 0.29) is 5.91 Å². The van der Waals surface area contributed by atoms with E-state index < -0.39 is 0 Å². The van der Waals surface area contributed by atoms with Crippen LogP contribution in [0.3, 0.4) is 0 Å². The molecule has 5 heteroatoms. The number of amides is 1. The van der Waals surface area contributed by atoms with Crippen LogP contribution in [0.4, 0.5) is 0 Å². The van der Waals surface area contributed by atoms with E-state index in [1.54, 1.807) is 12.1 Å². The van der Waals surface area contributed by atoms with Gasteiger partial charge in [0.1, 0.15) is 11.5 Å². The van der Waals surface area contributed by atoms with Crippen molar-refractivity contribution in [2.24, 2.45) is 4.99 Å². The Morgan fingerprint density at radius 1 is 1.20 bits per heavy atom. The summed E-state index contributed by atoms with van der Waals surface area (Å²) < 4.78 is 0. The Labute approximate surface area is 127 Å². The number of nitrogens with zero attached hydrogens (tertiary/aromatic N) is 2. The van der Waals surface area contributed by atoms with Gasteiger partial charge in [0.2, 0.25) is 0 Å². The first-order valence-electron chi connectivity index (χ1n) is 6.71. The second-order valence-electron chi connectivity index (χ2n) is 4.99. The molecule has 104 valence electrons. The molecule has 0 radical (unpaired) electrons. The monoisotopic (exact) mass is 308 g/mol. The second-order valence-corrected chi connectivity index (χ2v) is 5.83. The zero-order chi connectivity index (χ0) is 14.1. The summed E-state index contributed by atoms with van der Waals surface area (Å²) in [5, 5.41) is 1.13. The highest BCUT2D eigenvalue weighted by atomic mass is 35.5. The lowest BCUT2D eigenvalue weighted by Crippen LogP contribution is -2.26. The molecule has 2 aliphatic rings. The molecule has 0 bridgehead atoms. The molecule has 1 aromatic carbocycles. The fourth-order valence-corrected chi connectivity index (χ4v) is 3.03. The van der Waals surface area contributed by atoms with Gasteiger partial charge in [-0.25, -0.2) is 0 Å². The number of carbonyl (C=O) groups excluding carboxylic acids is 1. The maximum absolute atomic E-state index is 12.1. The topological polar surface area (TPSA) is 32.7 Å². The number of benzene rings is 1. The zero-order valence-corrected chi connectivity index (χ0v) is 12.4. The van der Waals surface area contributed by atoms with E-state index in [9.17, 15) is 4.79 Å². The highest BCUT2D eigenvalue weighted by Gasteiger charge is 2.30. The molecule has 0 unspecified atom stereocenters. The number of hydrogen-bond donors (Lipinski definition) is 0. The number of amidine groups is 1. The Bertz CT molecular complexity index is 622. The third-order valence-corrected chi connectivity index (χ3v) is 4.15. The molecule has 1 amide bonds. The third kappa shape index (κ3) is 2.60. The van der Waals surface area contributed by atoms with Gasteiger partial charge in [0.25, 0.3) is 5.91 Å². The molecule has 3 rings (SSSR count). The van der Waals surface area contributed by atoms with Crippen LogP contribution in [0.15, 0.2) is 28.9 Å². The van der Waals surface area contributed by atoms with Crippen LogP contribution in [0, 0.1) is 0 Å². The summed E-state index contributed by atoms with van der Waals surface area (Å²) in [6, 6.07) is 5.27. The molecule has 0 aromatic heterocycles. The molecule has 0 spiro atoms. The van der Waals surface area contributed by atoms with Crippen molar-refractivity contribution in [2.45, 2.75) is 25.7 Å². The van der Waals surface area contributed by atoms with Gasteiger partial charge in [-0.3, -0.25) is 4.79 Å². The molecule has 1 aromatic rings. The van der Waals surface area contributed by atoms with E-state index in [0.29, 0.717) is 15.7 Å². The molecule has 0 N–H and O–H groups in total. The van der Waals surface area contributed by atoms with Crippen LogP contribution in [0.5, 0.6) is 0 Å². The number of halogens is 2. The van der Waals surface area contributed by atoms with Gasteiger partial charge in [-0.15, -0.1) is 0 Å². The first-order chi connectivity index (χ1) is 9.65. The van der Waals surface area contributed by atoms with Gasteiger partial charge < -0.3 is 4.90 Å². The molecule has 0 aliphatic carbocycles. The van der Waals surface area contributed by atoms with Crippen LogP contribution in [-0.2, 0) is 4.79 Å². The predicted octanol–water partition coefficient (Wildman–Crippen LogP) is 4.15. The van der Waals surface area contributed by atoms with Gasteiger partial charge in [-0.2, -0.15) is 4.99 Å². The SMILES string of the molecule is O=C1N=C2CCCCCN2C1=Cc1ccc(Cl)cc1Cl. The first-order valence-corrected chi connectivity index (χ1v) is 7.47. The molecule has 2 heterocycles. The molecule has 3 nitrogen and oxygen atoms in total. The van der Waals surface area contributed by atoms with E-state index in [4.69, 9.17) is 23.2 Å². The van der Waals surface area contributed by atoms with Crippen LogP contribution < -0.4 is 0 Å². The maximum atomic E-state index is 12.1. The smallest absolute Gasteiger partial charge is 0.295 e. The number of carbonyl (C=O) groups is 1. The Kier molecular flexibility index (Phi) is 3.81. The van der Waals surface area contributed by atoms with Gasteiger partial charge in [0.05, 0.1) is 0 Å². The van der Waals surface area contributed by atoms with Crippen LogP contribution in [0.2, 0.25) is 10.0 Å². The molecule has 1 saturated heterocycles. The molecule has 20 heavy (non-hydrogen) atoms. The molecule has 0 saturated carbocycles. The van der Waals surface area contributed by atoms with Crippen LogP contribution in [0.1, 0.15) is 31.2 Å². The number of aliphatic imine (C=N–C) groups is 1. The summed E-state index contributed by atoms with van der Waals surface area (Å²) in [6.07, 6.45) is 6.04. The summed E-state index contributed by atoms with van der Waals surface area (Å²) in [4.78, 5) is 18.3. The number of fused-ring (bicyclic) bond motifs is 1. The third-order valence-electron chi connectivity index (χ3n) is 3.59. The summed E-state index contributed by atoms with van der Waals surface area (Å²) in [5.74, 6) is 0.719. The normalized spacial score (nSPS) is 20.9. The minimum absolute atomic E-state index is 0.173. The highest BCUT2D eigenvalue weighted by Crippen LogP contribution is 2.28. The molecule has 0 atom stereocenters. The van der Waals surface area contributed by atoms with Crippen molar-refractivity contribution in [1.29, 1.82) is 0 Å². The van der Waals surface area contributed by atoms with Crippen molar-refractivity contribution in [2.75, 3.05) is 6.54 Å². The summed E-state index contributed by atoms with van der Waals surface area (Å²) >= 11 is 12.1. The van der Waals surface area contributed by atoms with Crippen molar-refractivity contribution in [1.82, 2.24) is 4.90 Å². The minimum Gasteiger partial charge on any atom is -0.325 e. The largest absolute Gasteiger partial charge is 0.325 e. The van der Waals surface area contributed by atoms with E-state index in [2.05, 4.69) is 4.99 Å². The molecular formula is C15H14Cl2N2O. The second kappa shape index (κ2) is 5.58. The summed E-state index contributed by atoms with van der Waals surface area (Å²) in [5.41, 5.74) is 1.41. The van der Waals surface area contributed by atoms with Crippen molar-refractivity contribution >= 4 is 41.0 Å². The molecule has 2 aliphatic heterocycles. The fraction of sp³-hybridized carbons (Fsp3) is 0.333. The predicted molar refractivity (Wildman–Crippen MR) is 82.1 cm³/mol. The quantitative estimate of drug-likeness (QED) is 0.730. The van der Waals surface area contributed by atoms with Gasteiger partial charge in [0, 0.05) is 23.0 Å². The van der Waals surface area contributed by atoms with Crippen LogP contribution in [0.25, 0.3) is 6.08 Å². The highest BCUT2D eigenvalue weighted by molar-refractivity contribution is 6.35. The van der Waals surface area contributed by atoms with Crippen molar-refractivity contribution in [3.63, 3.8) is 0 Å². The lowest BCUT2D eigenvalue weighted by atomic mass is 10.1. The minimum atomic E-state index is -0.173. The average Bonchev–Trinajstić information content (AvgIpc) is 2.59. The van der Waals surface area contributed by atoms with Crippen molar-refractivity contribution < 1.29 is 4.79 Å². The van der Waals surface area contributed by atoms with Gasteiger partial charge >= 0.3 is 0 Å². The van der Waals surface area contributed by atoms with Crippen molar-refractivity contribution in [3.05, 3.63) is 39.5 Å². The van der Waals surface area contributed by atoms with Gasteiger partial charge in [0.15, 0.2) is 0 Å². The van der Waals surface area contributed by atoms with Crippen LogP contribution in [-0.4, -0.2) is 23.2 Å². The summed E-state index contributed by atoms with van der Waals surface area (Å²) in [6.45, 7) is 0.849. The van der Waals surface area contributed by atoms with E-state index in [1.165, 1.54) is 6.42 Å². The standard InChI is InChI=1S/C15H14Cl2N2O/c16-11-6-5-10(12(17)9-11)8-13-15(20)18-14-4-2-1-3-7-19(13)14/h5-6,8-9H,1-4,7H2. The molecular weight excluding hydrogens is 295 g/mol. The lowest BCUT2D eigenvalue weighted by molar-refractivity contribution is -0.114.